The number of nitrogens with one attached hydrogen (secondary N) is 2. The van der Waals surface area contributed by atoms with Crippen LogP contribution in [0.4, 0.5) is 0 Å². The molecule has 2 aromatic rings. The van der Waals surface area contributed by atoms with E-state index in [0.717, 1.165) is 18.5 Å². The largest absolute Gasteiger partial charge is 0.493 e. The summed E-state index contributed by atoms with van der Waals surface area (Å²) in [6, 6.07) is 6.54. The summed E-state index contributed by atoms with van der Waals surface area (Å²) >= 11 is 0. The number of benzene rings is 1. The van der Waals surface area contributed by atoms with Crippen LogP contribution in [0.25, 0.3) is 0 Å². The molecule has 11 heteroatoms. The van der Waals surface area contributed by atoms with Gasteiger partial charge in [0.15, 0.2) is 0 Å². The van der Waals surface area contributed by atoms with E-state index in [9.17, 15) is 9.59 Å². The van der Waals surface area contributed by atoms with Gasteiger partial charge in [0.2, 0.25) is 5.91 Å². The number of carbonyl (C=O) groups is 2. The summed E-state index contributed by atoms with van der Waals surface area (Å²) in [6.07, 6.45) is 3.92. The van der Waals surface area contributed by atoms with Crippen molar-refractivity contribution in [3.8, 4) is 5.75 Å². The lowest BCUT2D eigenvalue weighted by Gasteiger charge is -2.38. The fourth-order valence-corrected chi connectivity index (χ4v) is 5.06. The molecule has 0 aliphatic carbocycles. The second kappa shape index (κ2) is 10.7. The number of piperazine rings is 1. The minimum absolute atomic E-state index is 0.0197. The monoisotopic (exact) mass is 484 g/mol. The van der Waals surface area contributed by atoms with Gasteiger partial charge in [0.05, 0.1) is 43.2 Å². The average molecular weight is 485 g/mol. The lowest BCUT2D eigenvalue weighted by atomic mass is 9.96. The molecule has 0 spiro atoms. The molecule has 0 unspecified atom stereocenters. The Bertz CT molecular complexity index is 1040. The molecule has 0 radical (unpaired) electrons. The fraction of sp³-hybridized carbons (Fsp3) is 0.583. The molecule has 11 nitrogen and oxygen atoms in total. The topological polar surface area (TPSA) is 120 Å². The normalized spacial score (nSPS) is 27.7. The molecule has 2 saturated heterocycles. The minimum Gasteiger partial charge on any atom is -0.493 e. The Labute approximate surface area is 204 Å². The number of ether oxygens (including phenoxy) is 3. The van der Waals surface area contributed by atoms with Gasteiger partial charge in [0.25, 0.3) is 5.91 Å². The Morgan fingerprint density at radius 2 is 2.06 bits per heavy atom. The van der Waals surface area contributed by atoms with E-state index in [1.807, 2.05) is 23.0 Å². The van der Waals surface area contributed by atoms with E-state index in [1.54, 1.807) is 24.1 Å². The van der Waals surface area contributed by atoms with Crippen molar-refractivity contribution in [3.63, 3.8) is 0 Å². The van der Waals surface area contributed by atoms with Crippen LogP contribution in [0.15, 0.2) is 30.5 Å². The average Bonchev–Trinajstić information content (AvgIpc) is 3.35. The zero-order chi connectivity index (χ0) is 24.2. The SMILES string of the molecule is COCc1cn([C@@H]2CC[C@H]3CCOc4ccccc4C(=O)N4CCNC[C@H]4C(=O)NC[C@H]2O3)nn1. The Hall–Kier alpha value is -3.02. The van der Waals surface area contributed by atoms with E-state index in [-0.39, 0.29) is 30.1 Å². The van der Waals surface area contributed by atoms with Crippen LogP contribution in [0.3, 0.4) is 0 Å². The van der Waals surface area contributed by atoms with Crippen LogP contribution >= 0.6 is 0 Å². The van der Waals surface area contributed by atoms with Crippen LogP contribution in [0.2, 0.25) is 0 Å². The number of methoxy groups -OCH3 is 1. The molecule has 5 rings (SSSR count). The van der Waals surface area contributed by atoms with Gasteiger partial charge in [-0.25, -0.2) is 4.68 Å². The van der Waals surface area contributed by atoms with Crippen molar-refractivity contribution >= 4 is 11.8 Å². The molecular formula is C24H32N6O5. The van der Waals surface area contributed by atoms with E-state index in [1.165, 1.54) is 0 Å². The third kappa shape index (κ3) is 5.16. The molecule has 2 bridgehead atoms. The number of aromatic nitrogens is 3. The summed E-state index contributed by atoms with van der Waals surface area (Å²) in [4.78, 5) is 28.4. The number of amides is 2. The van der Waals surface area contributed by atoms with Gasteiger partial charge < -0.3 is 29.7 Å². The van der Waals surface area contributed by atoms with Gasteiger partial charge in [-0.3, -0.25) is 9.59 Å². The molecule has 188 valence electrons. The maximum Gasteiger partial charge on any atom is 0.258 e. The van der Waals surface area contributed by atoms with Crippen molar-refractivity contribution in [1.29, 1.82) is 0 Å². The van der Waals surface area contributed by atoms with Gasteiger partial charge in [-0.1, -0.05) is 17.3 Å². The lowest BCUT2D eigenvalue weighted by molar-refractivity contribution is -0.129. The molecule has 2 amide bonds. The van der Waals surface area contributed by atoms with Gasteiger partial charge in [-0.05, 0) is 25.0 Å². The zero-order valence-corrected chi connectivity index (χ0v) is 19.9. The highest BCUT2D eigenvalue weighted by Crippen LogP contribution is 2.31. The van der Waals surface area contributed by atoms with E-state index in [0.29, 0.717) is 57.1 Å². The van der Waals surface area contributed by atoms with Crippen molar-refractivity contribution < 1.29 is 23.8 Å². The summed E-state index contributed by atoms with van der Waals surface area (Å²) in [5.41, 5.74) is 1.22. The molecule has 35 heavy (non-hydrogen) atoms. The number of fused-ring (bicyclic) bond motifs is 4. The molecule has 3 aliphatic rings. The first-order valence-electron chi connectivity index (χ1n) is 12.2. The summed E-state index contributed by atoms with van der Waals surface area (Å²) in [5.74, 6) is 0.136. The standard InChI is InChI=1S/C24H32N6O5/c1-33-15-16-14-30(28-27-16)19-7-6-17-8-11-34-21-5-3-2-4-18(21)24(32)29-10-9-25-12-20(29)23(31)26-13-22(19)35-17/h2-5,14,17,19-20,22,25H,6-13,15H2,1H3,(H,26,31)/t17-,19+,20-,22+/m0/s1. The highest BCUT2D eigenvalue weighted by molar-refractivity contribution is 6.00. The Morgan fingerprint density at radius 3 is 2.94 bits per heavy atom. The summed E-state index contributed by atoms with van der Waals surface area (Å²) < 4.78 is 19.5. The van der Waals surface area contributed by atoms with Crippen LogP contribution in [0.5, 0.6) is 5.75 Å². The van der Waals surface area contributed by atoms with E-state index in [2.05, 4.69) is 20.9 Å². The lowest BCUT2D eigenvalue weighted by Crippen LogP contribution is -2.60. The van der Waals surface area contributed by atoms with Crippen LogP contribution in [-0.4, -0.2) is 89.9 Å². The molecule has 1 aromatic carbocycles. The minimum atomic E-state index is -0.621. The maximum atomic E-state index is 13.5. The summed E-state index contributed by atoms with van der Waals surface area (Å²) in [7, 11) is 1.62. The van der Waals surface area contributed by atoms with E-state index < -0.39 is 6.04 Å². The van der Waals surface area contributed by atoms with Gasteiger partial charge in [0.1, 0.15) is 17.5 Å². The molecule has 2 fully saturated rings. The van der Waals surface area contributed by atoms with Crippen molar-refractivity contribution in [1.82, 2.24) is 30.5 Å². The predicted molar refractivity (Wildman–Crippen MR) is 125 cm³/mol. The molecule has 0 saturated carbocycles. The van der Waals surface area contributed by atoms with Gasteiger partial charge in [-0.2, -0.15) is 0 Å². The number of carbonyl (C=O) groups excluding carboxylic acids is 2. The molecule has 4 heterocycles. The number of rotatable bonds is 3. The first-order valence-corrected chi connectivity index (χ1v) is 12.2. The first-order chi connectivity index (χ1) is 17.1. The van der Waals surface area contributed by atoms with Crippen LogP contribution < -0.4 is 15.4 Å². The Kier molecular flexibility index (Phi) is 7.26. The molecule has 2 N–H and O–H groups in total. The van der Waals surface area contributed by atoms with Crippen molar-refractivity contribution in [2.75, 3.05) is 39.9 Å². The zero-order valence-electron chi connectivity index (χ0n) is 19.9. The predicted octanol–water partition coefficient (Wildman–Crippen LogP) is 0.526. The number of hydrogen-bond acceptors (Lipinski definition) is 8. The second-order valence-corrected chi connectivity index (χ2v) is 9.16. The Balaban J connectivity index is 1.40. The van der Waals surface area contributed by atoms with Crippen molar-refractivity contribution in [2.45, 2.75) is 50.2 Å². The van der Waals surface area contributed by atoms with Crippen molar-refractivity contribution in [2.24, 2.45) is 0 Å². The number of hydrogen-bond donors (Lipinski definition) is 2. The fourth-order valence-electron chi connectivity index (χ4n) is 5.06. The maximum absolute atomic E-state index is 13.5. The van der Waals surface area contributed by atoms with Crippen LogP contribution in [-0.2, 0) is 20.9 Å². The smallest absolute Gasteiger partial charge is 0.258 e. The quantitative estimate of drug-likeness (QED) is 0.647. The van der Waals surface area contributed by atoms with Gasteiger partial charge >= 0.3 is 0 Å². The molecule has 4 atom stereocenters. The van der Waals surface area contributed by atoms with E-state index >= 15 is 0 Å². The third-order valence-electron chi connectivity index (χ3n) is 6.87. The molecule has 1 aromatic heterocycles. The first kappa shape index (κ1) is 23.7. The second-order valence-electron chi connectivity index (χ2n) is 9.16. The summed E-state index contributed by atoms with van der Waals surface area (Å²) in [5, 5.41) is 14.8. The molecule has 3 aliphatic heterocycles. The van der Waals surface area contributed by atoms with Crippen LogP contribution in [0.1, 0.15) is 41.4 Å². The van der Waals surface area contributed by atoms with Gasteiger partial charge in [-0.15, -0.1) is 5.10 Å². The van der Waals surface area contributed by atoms with Gasteiger partial charge in [0, 0.05) is 39.7 Å². The summed E-state index contributed by atoms with van der Waals surface area (Å²) in [6.45, 7) is 2.60. The Morgan fingerprint density at radius 1 is 1.17 bits per heavy atom. The number of para-hydroxylation sites is 1. The van der Waals surface area contributed by atoms with E-state index in [4.69, 9.17) is 14.2 Å². The van der Waals surface area contributed by atoms with Crippen LogP contribution in [0, 0.1) is 0 Å². The highest BCUT2D eigenvalue weighted by Gasteiger charge is 2.37. The van der Waals surface area contributed by atoms with Crippen molar-refractivity contribution in [3.05, 3.63) is 41.7 Å². The number of nitrogens with zero attached hydrogens (tertiary/aromatic N) is 4. The molecular weight excluding hydrogens is 452 g/mol. The third-order valence-corrected chi connectivity index (χ3v) is 6.87. The highest BCUT2D eigenvalue weighted by atomic mass is 16.5.